The summed E-state index contributed by atoms with van der Waals surface area (Å²) in [6.45, 7) is 0. The van der Waals surface area contributed by atoms with Crippen molar-refractivity contribution in [2.75, 3.05) is 0 Å². The predicted octanol–water partition coefficient (Wildman–Crippen LogP) is 4.21. The number of nitrogens with one attached hydrogen (secondary N) is 1. The summed E-state index contributed by atoms with van der Waals surface area (Å²) in [6, 6.07) is 13.9. The molecule has 1 heterocycles. The van der Waals surface area contributed by atoms with Gasteiger partial charge in [0.1, 0.15) is 11.6 Å². The van der Waals surface area contributed by atoms with E-state index in [0.29, 0.717) is 0 Å². The fourth-order valence-corrected chi connectivity index (χ4v) is 3.24. The Kier molecular flexibility index (Phi) is 5.17. The number of amides is 1. The summed E-state index contributed by atoms with van der Waals surface area (Å²) in [4.78, 5) is 12.3. The molecule has 0 radical (unpaired) electrons. The third-order valence-corrected chi connectivity index (χ3v) is 4.76. The number of aromatic nitrogens is 1. The van der Waals surface area contributed by atoms with Gasteiger partial charge in [-0.2, -0.15) is 5.26 Å². The minimum absolute atomic E-state index is 0.138. The molecule has 1 amide bonds. The Balaban J connectivity index is 1.84. The zero-order valence-corrected chi connectivity index (χ0v) is 14.8. The Hall–Kier alpha value is -2.32. The molecule has 1 aliphatic carbocycles. The number of benzene rings is 1. The van der Waals surface area contributed by atoms with E-state index in [1.165, 1.54) is 0 Å². The van der Waals surface area contributed by atoms with E-state index in [1.807, 2.05) is 53.2 Å². The van der Waals surface area contributed by atoms with Gasteiger partial charge in [-0.15, -0.1) is 0 Å². The van der Waals surface area contributed by atoms with E-state index in [2.05, 4.69) is 21.2 Å². The number of nitriles is 1. The average Bonchev–Trinajstić information content (AvgIpc) is 3.25. The first-order valence-corrected chi connectivity index (χ1v) is 8.82. The van der Waals surface area contributed by atoms with Crippen molar-refractivity contribution >= 4 is 27.9 Å². The number of carbonyl (C=O) groups is 1. The molecule has 2 aromatic rings. The van der Waals surface area contributed by atoms with Crippen LogP contribution in [-0.2, 0) is 4.79 Å². The van der Waals surface area contributed by atoms with Crippen LogP contribution >= 0.6 is 15.9 Å². The Labute approximate surface area is 149 Å². The maximum atomic E-state index is 12.3. The molecule has 0 bridgehead atoms. The average molecular weight is 384 g/mol. The summed E-state index contributed by atoms with van der Waals surface area (Å²) < 4.78 is 2.95. The van der Waals surface area contributed by atoms with Gasteiger partial charge in [0.25, 0.3) is 5.91 Å². The van der Waals surface area contributed by atoms with E-state index >= 15 is 0 Å². The molecular formula is C19H18BrN3O. The summed E-state index contributed by atoms with van der Waals surface area (Å²) >= 11 is 3.42. The van der Waals surface area contributed by atoms with E-state index in [1.54, 1.807) is 6.08 Å². The predicted molar refractivity (Wildman–Crippen MR) is 97.5 cm³/mol. The third kappa shape index (κ3) is 3.77. The van der Waals surface area contributed by atoms with Crippen molar-refractivity contribution in [3.8, 4) is 11.8 Å². The number of hydrogen-bond acceptors (Lipinski definition) is 2. The van der Waals surface area contributed by atoms with E-state index in [0.717, 1.165) is 41.5 Å². The quantitative estimate of drug-likeness (QED) is 0.634. The van der Waals surface area contributed by atoms with Crippen molar-refractivity contribution in [2.24, 2.45) is 0 Å². The second-order valence-corrected chi connectivity index (χ2v) is 6.82. The minimum atomic E-state index is -0.284. The van der Waals surface area contributed by atoms with Gasteiger partial charge in [0.15, 0.2) is 0 Å². The zero-order valence-electron chi connectivity index (χ0n) is 13.2. The van der Waals surface area contributed by atoms with Crippen LogP contribution < -0.4 is 5.32 Å². The van der Waals surface area contributed by atoms with Crippen LogP contribution in [0.15, 0.2) is 52.6 Å². The standard InChI is InChI=1S/C19H18BrN3O/c20-15-7-9-17(10-8-15)23-11-3-6-18(23)12-14(13-21)19(24)22-16-4-1-2-5-16/h3,6-12,16H,1-2,4-5H2,(H,22,24)/b14-12-. The molecule has 1 aromatic heterocycles. The lowest BCUT2D eigenvalue weighted by atomic mass is 10.2. The summed E-state index contributed by atoms with van der Waals surface area (Å²) in [7, 11) is 0. The SMILES string of the molecule is N#C/C(=C/c1cccn1-c1ccc(Br)cc1)C(=O)NC1CCCC1. The number of nitrogens with zero attached hydrogens (tertiary/aromatic N) is 2. The Morgan fingerprint density at radius 3 is 2.62 bits per heavy atom. The summed E-state index contributed by atoms with van der Waals surface area (Å²) in [6.07, 6.45) is 7.84. The number of carbonyl (C=O) groups excluding carboxylic acids is 1. The molecule has 1 fully saturated rings. The van der Waals surface area contributed by atoms with Crippen molar-refractivity contribution in [1.29, 1.82) is 5.26 Å². The first kappa shape index (κ1) is 16.5. The van der Waals surface area contributed by atoms with Gasteiger partial charge in [-0.1, -0.05) is 28.8 Å². The first-order chi connectivity index (χ1) is 11.7. The van der Waals surface area contributed by atoms with Gasteiger partial charge in [0, 0.05) is 28.1 Å². The van der Waals surface area contributed by atoms with Crippen LogP contribution in [0.2, 0.25) is 0 Å². The van der Waals surface area contributed by atoms with Crippen LogP contribution in [0.4, 0.5) is 0 Å². The molecule has 1 aromatic carbocycles. The Morgan fingerprint density at radius 1 is 1.25 bits per heavy atom. The highest BCUT2D eigenvalue weighted by molar-refractivity contribution is 9.10. The number of halogens is 1. The lowest BCUT2D eigenvalue weighted by molar-refractivity contribution is -0.117. The van der Waals surface area contributed by atoms with Gasteiger partial charge in [0.2, 0.25) is 0 Å². The van der Waals surface area contributed by atoms with Gasteiger partial charge < -0.3 is 9.88 Å². The molecule has 5 heteroatoms. The zero-order chi connectivity index (χ0) is 16.9. The van der Waals surface area contributed by atoms with Crippen LogP contribution in [0.1, 0.15) is 31.4 Å². The molecule has 0 spiro atoms. The van der Waals surface area contributed by atoms with Gasteiger partial charge in [-0.05, 0) is 55.3 Å². The highest BCUT2D eigenvalue weighted by Gasteiger charge is 2.19. The molecule has 1 saturated carbocycles. The van der Waals surface area contributed by atoms with Crippen molar-refractivity contribution in [2.45, 2.75) is 31.7 Å². The van der Waals surface area contributed by atoms with Crippen LogP contribution in [-0.4, -0.2) is 16.5 Å². The number of hydrogen-bond donors (Lipinski definition) is 1. The fraction of sp³-hybridized carbons (Fsp3) is 0.263. The molecule has 4 nitrogen and oxygen atoms in total. The monoisotopic (exact) mass is 383 g/mol. The second-order valence-electron chi connectivity index (χ2n) is 5.90. The first-order valence-electron chi connectivity index (χ1n) is 8.03. The normalized spacial score (nSPS) is 15.2. The minimum Gasteiger partial charge on any atom is -0.349 e. The smallest absolute Gasteiger partial charge is 0.262 e. The topological polar surface area (TPSA) is 57.8 Å². The van der Waals surface area contributed by atoms with Crippen molar-refractivity contribution in [3.05, 3.63) is 58.3 Å². The molecular weight excluding hydrogens is 366 g/mol. The summed E-state index contributed by atoms with van der Waals surface area (Å²) in [5.74, 6) is -0.284. The molecule has 0 aliphatic heterocycles. The lowest BCUT2D eigenvalue weighted by Gasteiger charge is -2.11. The maximum absolute atomic E-state index is 12.3. The molecule has 1 aliphatic rings. The van der Waals surface area contributed by atoms with Crippen LogP contribution in [0.5, 0.6) is 0 Å². The third-order valence-electron chi connectivity index (χ3n) is 4.23. The molecule has 3 rings (SSSR count). The van der Waals surface area contributed by atoms with Gasteiger partial charge in [-0.3, -0.25) is 4.79 Å². The summed E-state index contributed by atoms with van der Waals surface area (Å²) in [5.41, 5.74) is 1.91. The van der Waals surface area contributed by atoms with Crippen molar-refractivity contribution < 1.29 is 4.79 Å². The molecule has 0 saturated heterocycles. The Bertz CT molecular complexity index is 793. The van der Waals surface area contributed by atoms with E-state index in [9.17, 15) is 10.1 Å². The van der Waals surface area contributed by atoms with E-state index in [-0.39, 0.29) is 17.5 Å². The number of rotatable bonds is 4. The van der Waals surface area contributed by atoms with Crippen LogP contribution in [0.3, 0.4) is 0 Å². The second kappa shape index (κ2) is 7.50. The largest absolute Gasteiger partial charge is 0.349 e. The highest BCUT2D eigenvalue weighted by Crippen LogP contribution is 2.20. The van der Waals surface area contributed by atoms with Gasteiger partial charge >= 0.3 is 0 Å². The molecule has 1 N–H and O–H groups in total. The van der Waals surface area contributed by atoms with Crippen molar-refractivity contribution in [1.82, 2.24) is 9.88 Å². The molecule has 24 heavy (non-hydrogen) atoms. The highest BCUT2D eigenvalue weighted by atomic mass is 79.9. The lowest BCUT2D eigenvalue weighted by Crippen LogP contribution is -2.33. The van der Waals surface area contributed by atoms with Crippen molar-refractivity contribution in [3.63, 3.8) is 0 Å². The van der Waals surface area contributed by atoms with Gasteiger partial charge in [0.05, 0.1) is 0 Å². The van der Waals surface area contributed by atoms with E-state index < -0.39 is 0 Å². The molecule has 122 valence electrons. The van der Waals surface area contributed by atoms with Gasteiger partial charge in [-0.25, -0.2) is 0 Å². The maximum Gasteiger partial charge on any atom is 0.262 e. The molecule has 0 atom stereocenters. The van der Waals surface area contributed by atoms with Crippen LogP contribution in [0.25, 0.3) is 11.8 Å². The Morgan fingerprint density at radius 2 is 1.96 bits per heavy atom. The van der Waals surface area contributed by atoms with E-state index in [4.69, 9.17) is 0 Å². The molecule has 0 unspecified atom stereocenters. The fourth-order valence-electron chi connectivity index (χ4n) is 2.98. The van der Waals surface area contributed by atoms with Crippen LogP contribution in [0, 0.1) is 11.3 Å². The summed E-state index contributed by atoms with van der Waals surface area (Å²) in [5, 5.41) is 12.3.